The van der Waals surface area contributed by atoms with Crippen molar-refractivity contribution in [3.05, 3.63) is 53.9 Å². The van der Waals surface area contributed by atoms with Crippen LogP contribution in [-0.2, 0) is 4.79 Å². The molecule has 27 heavy (non-hydrogen) atoms. The Kier molecular flexibility index (Phi) is 5.80. The largest absolute Gasteiger partial charge is 0.349 e. The molecule has 1 heterocycles. The van der Waals surface area contributed by atoms with Gasteiger partial charge < -0.3 is 16.0 Å². The molecule has 1 fully saturated rings. The Morgan fingerprint density at radius 1 is 0.889 bits per heavy atom. The van der Waals surface area contributed by atoms with Crippen LogP contribution >= 0.6 is 0 Å². The summed E-state index contributed by atoms with van der Waals surface area (Å²) >= 11 is 0. The molecule has 1 aliphatic rings. The number of amides is 3. The van der Waals surface area contributed by atoms with E-state index in [1.165, 1.54) is 25.4 Å². The molecule has 0 radical (unpaired) electrons. The predicted octanol–water partition coefficient (Wildman–Crippen LogP) is 2.96. The summed E-state index contributed by atoms with van der Waals surface area (Å²) in [5, 5.41) is 8.40. The predicted molar refractivity (Wildman–Crippen MR) is 103 cm³/mol. The van der Waals surface area contributed by atoms with Crippen molar-refractivity contribution in [2.24, 2.45) is 0 Å². The molecule has 0 unspecified atom stereocenters. The molecule has 0 bridgehead atoms. The highest BCUT2D eigenvalue weighted by Gasteiger charge is 2.19. The van der Waals surface area contributed by atoms with Gasteiger partial charge in [0.25, 0.3) is 11.8 Å². The summed E-state index contributed by atoms with van der Waals surface area (Å²) in [6.45, 7) is 1.43. The summed E-state index contributed by atoms with van der Waals surface area (Å²) < 4.78 is 0. The molecule has 3 rings (SSSR count). The Balaban J connectivity index is 1.64. The van der Waals surface area contributed by atoms with Gasteiger partial charge in [-0.2, -0.15) is 0 Å². The molecule has 0 atom stereocenters. The molecule has 7 nitrogen and oxygen atoms in total. The lowest BCUT2D eigenvalue weighted by Gasteiger charge is -2.12. The molecule has 1 aromatic carbocycles. The maximum absolute atomic E-state index is 12.4. The second-order valence-electron chi connectivity index (χ2n) is 6.63. The van der Waals surface area contributed by atoms with Crippen LogP contribution in [0.2, 0.25) is 0 Å². The Morgan fingerprint density at radius 3 is 2.04 bits per heavy atom. The Bertz CT molecular complexity index is 843. The molecule has 0 aliphatic heterocycles. The van der Waals surface area contributed by atoms with Crippen LogP contribution in [0.4, 0.5) is 11.4 Å². The normalized spacial score (nSPS) is 13.8. The van der Waals surface area contributed by atoms with Crippen molar-refractivity contribution in [1.82, 2.24) is 10.3 Å². The van der Waals surface area contributed by atoms with Crippen molar-refractivity contribution >= 4 is 29.1 Å². The van der Waals surface area contributed by atoms with Gasteiger partial charge in [-0.1, -0.05) is 12.8 Å². The summed E-state index contributed by atoms with van der Waals surface area (Å²) in [4.78, 5) is 39.8. The maximum atomic E-state index is 12.4. The van der Waals surface area contributed by atoms with Crippen molar-refractivity contribution in [2.75, 3.05) is 10.6 Å². The zero-order chi connectivity index (χ0) is 19.2. The molecular formula is C20H22N4O3. The highest BCUT2D eigenvalue weighted by atomic mass is 16.2. The molecule has 2 aromatic rings. The van der Waals surface area contributed by atoms with Gasteiger partial charge in [-0.05, 0) is 43.2 Å². The van der Waals surface area contributed by atoms with Crippen molar-refractivity contribution < 1.29 is 14.4 Å². The molecule has 0 spiro atoms. The number of nitrogens with one attached hydrogen (secondary N) is 3. The van der Waals surface area contributed by atoms with Crippen molar-refractivity contribution in [3.63, 3.8) is 0 Å². The van der Waals surface area contributed by atoms with Gasteiger partial charge in [-0.25, -0.2) is 0 Å². The first-order chi connectivity index (χ1) is 13.0. The number of carbonyl (C=O) groups excluding carboxylic acids is 3. The van der Waals surface area contributed by atoms with Crippen LogP contribution in [0.3, 0.4) is 0 Å². The third kappa shape index (κ3) is 5.13. The molecule has 140 valence electrons. The van der Waals surface area contributed by atoms with E-state index in [0.29, 0.717) is 22.5 Å². The van der Waals surface area contributed by atoms with Crippen LogP contribution in [0.25, 0.3) is 0 Å². The molecule has 3 amide bonds. The summed E-state index contributed by atoms with van der Waals surface area (Å²) in [6, 6.07) is 8.51. The SMILES string of the molecule is CC(=O)Nc1ccc(NC(=O)c2cncc(C(=O)NC3CCCC3)c2)cc1. The van der Waals surface area contributed by atoms with Crippen molar-refractivity contribution in [3.8, 4) is 0 Å². The molecule has 1 saturated carbocycles. The third-order valence-electron chi connectivity index (χ3n) is 4.42. The smallest absolute Gasteiger partial charge is 0.257 e. The summed E-state index contributed by atoms with van der Waals surface area (Å²) in [5.74, 6) is -0.723. The first-order valence-electron chi connectivity index (χ1n) is 8.96. The lowest BCUT2D eigenvalue weighted by Crippen LogP contribution is -2.32. The average molecular weight is 366 g/mol. The van der Waals surface area contributed by atoms with Gasteiger partial charge in [0.15, 0.2) is 0 Å². The quantitative estimate of drug-likeness (QED) is 0.757. The number of hydrogen-bond donors (Lipinski definition) is 3. The van der Waals surface area contributed by atoms with Crippen LogP contribution in [-0.4, -0.2) is 28.7 Å². The number of hydrogen-bond acceptors (Lipinski definition) is 4. The Morgan fingerprint density at radius 2 is 1.44 bits per heavy atom. The van der Waals surface area contributed by atoms with Gasteiger partial charge in [-0.15, -0.1) is 0 Å². The number of aromatic nitrogens is 1. The number of pyridine rings is 1. The standard InChI is InChI=1S/C20H22N4O3/c1-13(25)22-17-6-8-18(9-7-17)24-20(27)15-10-14(11-21-12-15)19(26)23-16-4-2-3-5-16/h6-12,16H,2-5H2,1H3,(H,22,25)(H,23,26)(H,24,27). The zero-order valence-corrected chi connectivity index (χ0v) is 15.1. The first kappa shape index (κ1) is 18.6. The van der Waals surface area contributed by atoms with Gasteiger partial charge in [0, 0.05) is 36.7 Å². The summed E-state index contributed by atoms with van der Waals surface area (Å²) in [5.41, 5.74) is 1.90. The van der Waals surface area contributed by atoms with Gasteiger partial charge in [-0.3, -0.25) is 19.4 Å². The lowest BCUT2D eigenvalue weighted by atomic mass is 10.1. The van der Waals surface area contributed by atoms with E-state index in [1.54, 1.807) is 24.3 Å². The van der Waals surface area contributed by atoms with Gasteiger partial charge in [0.2, 0.25) is 5.91 Å². The van der Waals surface area contributed by atoms with Crippen LogP contribution < -0.4 is 16.0 Å². The van der Waals surface area contributed by atoms with E-state index in [4.69, 9.17) is 0 Å². The van der Waals surface area contributed by atoms with Crippen LogP contribution in [0.15, 0.2) is 42.7 Å². The van der Waals surface area contributed by atoms with Gasteiger partial charge in [0.05, 0.1) is 11.1 Å². The summed E-state index contributed by atoms with van der Waals surface area (Å²) in [6.07, 6.45) is 7.14. The Labute approximate surface area is 157 Å². The highest BCUT2D eigenvalue weighted by molar-refractivity contribution is 6.06. The second kappa shape index (κ2) is 8.44. The maximum Gasteiger partial charge on any atom is 0.257 e. The number of carbonyl (C=O) groups is 3. The zero-order valence-electron chi connectivity index (χ0n) is 15.1. The number of anilines is 2. The third-order valence-corrected chi connectivity index (χ3v) is 4.42. The van der Waals surface area contributed by atoms with Crippen LogP contribution in [0, 0.1) is 0 Å². The monoisotopic (exact) mass is 366 g/mol. The fourth-order valence-corrected chi connectivity index (χ4v) is 3.07. The topological polar surface area (TPSA) is 100 Å². The number of nitrogens with zero attached hydrogens (tertiary/aromatic N) is 1. The van der Waals surface area contributed by atoms with E-state index in [0.717, 1.165) is 25.7 Å². The van der Waals surface area contributed by atoms with E-state index >= 15 is 0 Å². The van der Waals surface area contributed by atoms with E-state index in [2.05, 4.69) is 20.9 Å². The van der Waals surface area contributed by atoms with E-state index in [9.17, 15) is 14.4 Å². The molecule has 3 N–H and O–H groups in total. The van der Waals surface area contributed by atoms with Crippen molar-refractivity contribution in [2.45, 2.75) is 38.6 Å². The molecule has 0 saturated heterocycles. The highest BCUT2D eigenvalue weighted by Crippen LogP contribution is 2.18. The fourth-order valence-electron chi connectivity index (χ4n) is 3.07. The van der Waals surface area contributed by atoms with Gasteiger partial charge in [0.1, 0.15) is 0 Å². The first-order valence-corrected chi connectivity index (χ1v) is 8.96. The molecule has 7 heteroatoms. The van der Waals surface area contributed by atoms with E-state index in [-0.39, 0.29) is 23.8 Å². The number of benzene rings is 1. The fraction of sp³-hybridized carbons (Fsp3) is 0.300. The number of rotatable bonds is 5. The minimum Gasteiger partial charge on any atom is -0.349 e. The molecule has 1 aromatic heterocycles. The minimum atomic E-state index is -0.356. The summed E-state index contributed by atoms with van der Waals surface area (Å²) in [7, 11) is 0. The van der Waals surface area contributed by atoms with Crippen LogP contribution in [0.1, 0.15) is 53.3 Å². The van der Waals surface area contributed by atoms with E-state index < -0.39 is 0 Å². The van der Waals surface area contributed by atoms with Gasteiger partial charge >= 0.3 is 0 Å². The second-order valence-corrected chi connectivity index (χ2v) is 6.63. The Hall–Kier alpha value is -3.22. The van der Waals surface area contributed by atoms with Crippen molar-refractivity contribution in [1.29, 1.82) is 0 Å². The lowest BCUT2D eigenvalue weighted by molar-refractivity contribution is -0.114. The van der Waals surface area contributed by atoms with Crippen LogP contribution in [0.5, 0.6) is 0 Å². The molecular weight excluding hydrogens is 344 g/mol. The molecule has 1 aliphatic carbocycles. The minimum absolute atomic E-state index is 0.162. The van der Waals surface area contributed by atoms with E-state index in [1.807, 2.05) is 0 Å². The average Bonchev–Trinajstić information content (AvgIpc) is 3.16.